The minimum absolute atomic E-state index is 0.0959. The summed E-state index contributed by atoms with van der Waals surface area (Å²) in [6, 6.07) is 3.66. The van der Waals surface area contributed by atoms with E-state index in [9.17, 15) is 0 Å². The lowest BCUT2D eigenvalue weighted by Crippen LogP contribution is -2.10. The smallest absolute Gasteiger partial charge is 0.293 e. The third-order valence-corrected chi connectivity index (χ3v) is 2.19. The molecule has 0 saturated heterocycles. The Morgan fingerprint density at radius 1 is 1.47 bits per heavy atom. The maximum atomic E-state index is 5.51. The van der Waals surface area contributed by atoms with Gasteiger partial charge in [0.1, 0.15) is 5.76 Å². The van der Waals surface area contributed by atoms with Crippen molar-refractivity contribution in [3.63, 3.8) is 0 Å². The first-order valence-corrected chi connectivity index (χ1v) is 4.81. The van der Waals surface area contributed by atoms with Crippen LogP contribution >= 0.6 is 0 Å². The average Bonchev–Trinajstić information content (AvgIpc) is 2.84. The molecule has 1 atom stereocenters. The van der Waals surface area contributed by atoms with Gasteiger partial charge in [-0.25, -0.2) is 0 Å². The standard InChI is InChI=1S/C10H13N3O2/c1-6(5-11)9-12-10(15-13-9)8-4-3-7(2)14-8/h3-4,6H,5,11H2,1-2H3. The highest BCUT2D eigenvalue weighted by molar-refractivity contribution is 5.44. The zero-order valence-electron chi connectivity index (χ0n) is 8.73. The summed E-state index contributed by atoms with van der Waals surface area (Å²) in [4.78, 5) is 4.21. The fourth-order valence-corrected chi connectivity index (χ4v) is 1.19. The van der Waals surface area contributed by atoms with E-state index in [0.717, 1.165) is 5.76 Å². The van der Waals surface area contributed by atoms with Gasteiger partial charge in [-0.2, -0.15) is 4.98 Å². The molecule has 5 nitrogen and oxygen atoms in total. The molecule has 2 aromatic rings. The molecule has 0 amide bonds. The summed E-state index contributed by atoms with van der Waals surface area (Å²) >= 11 is 0. The van der Waals surface area contributed by atoms with E-state index in [2.05, 4.69) is 10.1 Å². The Labute approximate surface area is 87.3 Å². The summed E-state index contributed by atoms with van der Waals surface area (Å²) in [5.41, 5.74) is 5.51. The number of furan rings is 1. The summed E-state index contributed by atoms with van der Waals surface area (Å²) in [5.74, 6) is 2.52. The van der Waals surface area contributed by atoms with Crippen molar-refractivity contribution < 1.29 is 8.94 Å². The first-order chi connectivity index (χ1) is 7.20. The van der Waals surface area contributed by atoms with E-state index in [4.69, 9.17) is 14.7 Å². The molecule has 15 heavy (non-hydrogen) atoms. The Morgan fingerprint density at radius 3 is 2.87 bits per heavy atom. The van der Waals surface area contributed by atoms with Gasteiger partial charge in [0.25, 0.3) is 5.89 Å². The molecule has 5 heteroatoms. The predicted octanol–water partition coefficient (Wildman–Crippen LogP) is 1.70. The second-order valence-corrected chi connectivity index (χ2v) is 3.50. The van der Waals surface area contributed by atoms with Crippen LogP contribution in [0.4, 0.5) is 0 Å². The lowest BCUT2D eigenvalue weighted by Gasteiger charge is -1.98. The fourth-order valence-electron chi connectivity index (χ4n) is 1.19. The highest BCUT2D eigenvalue weighted by Gasteiger charge is 2.15. The van der Waals surface area contributed by atoms with Gasteiger partial charge in [0.05, 0.1) is 0 Å². The normalized spacial score (nSPS) is 13.0. The van der Waals surface area contributed by atoms with Crippen molar-refractivity contribution >= 4 is 0 Å². The van der Waals surface area contributed by atoms with Gasteiger partial charge in [-0.1, -0.05) is 12.1 Å². The molecule has 2 N–H and O–H groups in total. The van der Waals surface area contributed by atoms with Crippen molar-refractivity contribution in [2.75, 3.05) is 6.54 Å². The Morgan fingerprint density at radius 2 is 2.27 bits per heavy atom. The summed E-state index contributed by atoms with van der Waals surface area (Å²) in [7, 11) is 0. The zero-order valence-corrected chi connectivity index (χ0v) is 8.73. The van der Waals surface area contributed by atoms with E-state index < -0.39 is 0 Å². The van der Waals surface area contributed by atoms with Crippen molar-refractivity contribution in [2.45, 2.75) is 19.8 Å². The van der Waals surface area contributed by atoms with Gasteiger partial charge in [0.15, 0.2) is 11.6 Å². The molecular weight excluding hydrogens is 194 g/mol. The molecule has 2 aromatic heterocycles. The van der Waals surface area contributed by atoms with Gasteiger partial charge in [0.2, 0.25) is 0 Å². The number of rotatable bonds is 3. The van der Waals surface area contributed by atoms with Crippen molar-refractivity contribution in [2.24, 2.45) is 5.73 Å². The number of hydrogen-bond acceptors (Lipinski definition) is 5. The average molecular weight is 207 g/mol. The molecule has 0 saturated carbocycles. The molecule has 80 valence electrons. The van der Waals surface area contributed by atoms with Crippen LogP contribution in [0.3, 0.4) is 0 Å². The van der Waals surface area contributed by atoms with Crippen molar-refractivity contribution in [3.05, 3.63) is 23.7 Å². The number of hydrogen-bond donors (Lipinski definition) is 1. The van der Waals surface area contributed by atoms with E-state index in [-0.39, 0.29) is 5.92 Å². The number of aromatic nitrogens is 2. The molecule has 2 rings (SSSR count). The lowest BCUT2D eigenvalue weighted by atomic mass is 10.2. The molecule has 0 aliphatic rings. The van der Waals surface area contributed by atoms with Gasteiger partial charge < -0.3 is 14.7 Å². The van der Waals surface area contributed by atoms with Crippen LogP contribution in [0.15, 0.2) is 21.1 Å². The molecule has 0 spiro atoms. The van der Waals surface area contributed by atoms with Crippen LogP contribution in [0, 0.1) is 6.92 Å². The highest BCUT2D eigenvalue weighted by Crippen LogP contribution is 2.21. The maximum Gasteiger partial charge on any atom is 0.293 e. The largest absolute Gasteiger partial charge is 0.456 e. The van der Waals surface area contributed by atoms with Crippen LogP contribution < -0.4 is 5.73 Å². The molecule has 0 aromatic carbocycles. The van der Waals surface area contributed by atoms with Gasteiger partial charge in [-0.05, 0) is 19.1 Å². The summed E-state index contributed by atoms with van der Waals surface area (Å²) in [5, 5.41) is 3.85. The minimum Gasteiger partial charge on any atom is -0.456 e. The lowest BCUT2D eigenvalue weighted by molar-refractivity contribution is 0.403. The molecule has 0 aliphatic carbocycles. The molecule has 0 radical (unpaired) electrons. The Bertz CT molecular complexity index is 447. The van der Waals surface area contributed by atoms with Crippen LogP contribution in [0.5, 0.6) is 0 Å². The van der Waals surface area contributed by atoms with Gasteiger partial charge in [0, 0.05) is 12.5 Å². The molecule has 1 unspecified atom stereocenters. The van der Waals surface area contributed by atoms with E-state index in [1.165, 1.54) is 0 Å². The Balaban J connectivity index is 2.27. The van der Waals surface area contributed by atoms with Crippen LogP contribution in [0.25, 0.3) is 11.7 Å². The van der Waals surface area contributed by atoms with Crippen LogP contribution in [-0.2, 0) is 0 Å². The van der Waals surface area contributed by atoms with Crippen molar-refractivity contribution in [1.29, 1.82) is 0 Å². The van der Waals surface area contributed by atoms with Crippen molar-refractivity contribution in [3.8, 4) is 11.7 Å². The number of nitrogens with zero attached hydrogens (tertiary/aromatic N) is 2. The van der Waals surface area contributed by atoms with Crippen molar-refractivity contribution in [1.82, 2.24) is 10.1 Å². The second-order valence-electron chi connectivity index (χ2n) is 3.50. The Hall–Kier alpha value is -1.62. The van der Waals surface area contributed by atoms with Gasteiger partial charge >= 0.3 is 0 Å². The molecule has 0 fully saturated rings. The topological polar surface area (TPSA) is 78.1 Å². The highest BCUT2D eigenvalue weighted by atomic mass is 16.5. The first-order valence-electron chi connectivity index (χ1n) is 4.81. The Kier molecular flexibility index (Phi) is 2.55. The van der Waals surface area contributed by atoms with Crippen LogP contribution in [0.2, 0.25) is 0 Å². The quantitative estimate of drug-likeness (QED) is 0.828. The zero-order chi connectivity index (χ0) is 10.8. The molecule has 2 heterocycles. The summed E-state index contributed by atoms with van der Waals surface area (Å²) in [6.07, 6.45) is 0. The van der Waals surface area contributed by atoms with Crippen LogP contribution in [0.1, 0.15) is 24.4 Å². The SMILES string of the molecule is Cc1ccc(-c2nc(C(C)CN)no2)o1. The summed E-state index contributed by atoms with van der Waals surface area (Å²) < 4.78 is 10.4. The van der Waals surface area contributed by atoms with Crippen LogP contribution in [-0.4, -0.2) is 16.7 Å². The second kappa shape index (κ2) is 3.86. The third kappa shape index (κ3) is 1.92. The monoisotopic (exact) mass is 207 g/mol. The van der Waals surface area contributed by atoms with Gasteiger partial charge in [-0.3, -0.25) is 0 Å². The van der Waals surface area contributed by atoms with E-state index in [1.807, 2.05) is 19.9 Å². The summed E-state index contributed by atoms with van der Waals surface area (Å²) in [6.45, 7) is 4.31. The maximum absolute atomic E-state index is 5.51. The molecule has 0 aliphatic heterocycles. The molecule has 0 bridgehead atoms. The predicted molar refractivity (Wildman–Crippen MR) is 54.2 cm³/mol. The first kappa shape index (κ1) is 9.92. The van der Waals surface area contributed by atoms with E-state index in [1.54, 1.807) is 6.07 Å². The van der Waals surface area contributed by atoms with Gasteiger partial charge in [-0.15, -0.1) is 0 Å². The molecular formula is C10H13N3O2. The fraction of sp³-hybridized carbons (Fsp3) is 0.400. The number of aryl methyl sites for hydroxylation is 1. The minimum atomic E-state index is 0.0959. The number of nitrogens with two attached hydrogens (primary N) is 1. The van der Waals surface area contributed by atoms with E-state index in [0.29, 0.717) is 24.0 Å². The third-order valence-electron chi connectivity index (χ3n) is 2.19. The van der Waals surface area contributed by atoms with E-state index >= 15 is 0 Å².